The van der Waals surface area contributed by atoms with E-state index in [9.17, 15) is 14.9 Å². The molecular weight excluding hydrogens is 318 g/mol. The summed E-state index contributed by atoms with van der Waals surface area (Å²) in [5.41, 5.74) is 3.50. The van der Waals surface area contributed by atoms with Gasteiger partial charge in [-0.3, -0.25) is 14.9 Å². The van der Waals surface area contributed by atoms with Gasteiger partial charge in [0.25, 0.3) is 11.6 Å². The lowest BCUT2D eigenvalue weighted by Crippen LogP contribution is -2.24. The number of hydrogen-bond acceptors (Lipinski definition) is 6. The van der Waals surface area contributed by atoms with E-state index in [4.69, 9.17) is 4.74 Å². The fraction of sp³-hybridized carbons (Fsp3) is 0.200. The van der Waals surface area contributed by atoms with E-state index in [1.807, 2.05) is 12.1 Å². The molecule has 0 saturated carbocycles. The lowest BCUT2D eigenvalue weighted by molar-refractivity contribution is -0.384. The minimum atomic E-state index is -0.482. The van der Waals surface area contributed by atoms with Crippen LogP contribution in [0.1, 0.15) is 17.4 Å². The van der Waals surface area contributed by atoms with E-state index in [0.29, 0.717) is 10.6 Å². The van der Waals surface area contributed by atoms with Crippen molar-refractivity contribution < 1.29 is 14.5 Å². The van der Waals surface area contributed by atoms with Crippen molar-refractivity contribution in [3.05, 3.63) is 56.3 Å². The van der Waals surface area contributed by atoms with Crippen molar-refractivity contribution in [1.29, 1.82) is 0 Å². The molecule has 0 atom stereocenters. The molecule has 23 heavy (non-hydrogen) atoms. The highest BCUT2D eigenvalue weighted by Gasteiger charge is 2.07. The normalized spacial score (nSPS) is 10.7. The summed E-state index contributed by atoms with van der Waals surface area (Å²) in [6, 6.07) is 8.87. The van der Waals surface area contributed by atoms with Gasteiger partial charge >= 0.3 is 0 Å². The van der Waals surface area contributed by atoms with Gasteiger partial charge < -0.3 is 4.74 Å². The first-order valence-electron chi connectivity index (χ1n) is 6.85. The maximum absolute atomic E-state index is 11.6. The molecule has 1 heterocycles. The monoisotopic (exact) mass is 333 g/mol. The van der Waals surface area contributed by atoms with Crippen LogP contribution in [0.25, 0.3) is 0 Å². The molecule has 0 radical (unpaired) electrons. The fourth-order valence-electron chi connectivity index (χ4n) is 1.68. The Bertz CT molecular complexity index is 710. The predicted octanol–water partition coefficient (Wildman–Crippen LogP) is 2.75. The molecule has 1 amide bonds. The molecule has 0 spiro atoms. The lowest BCUT2D eigenvalue weighted by Gasteiger charge is -2.05. The van der Waals surface area contributed by atoms with Gasteiger partial charge in [-0.25, -0.2) is 5.43 Å². The average Bonchev–Trinajstić information content (AvgIpc) is 3.02. The van der Waals surface area contributed by atoms with E-state index in [-0.39, 0.29) is 12.3 Å². The first kappa shape index (κ1) is 16.6. The van der Waals surface area contributed by atoms with E-state index >= 15 is 0 Å². The molecule has 2 aromatic rings. The van der Waals surface area contributed by atoms with Gasteiger partial charge in [0, 0.05) is 6.07 Å². The van der Waals surface area contributed by atoms with E-state index in [1.165, 1.54) is 34.6 Å². The Balaban J connectivity index is 1.77. The second-order valence-corrected chi connectivity index (χ2v) is 5.49. The van der Waals surface area contributed by atoms with Gasteiger partial charge in [0.1, 0.15) is 5.75 Å². The first-order chi connectivity index (χ1) is 11.1. The van der Waals surface area contributed by atoms with Crippen LogP contribution in [0.15, 0.2) is 40.8 Å². The van der Waals surface area contributed by atoms with Crippen LogP contribution in [-0.4, -0.2) is 23.7 Å². The number of thiophene rings is 1. The molecule has 7 nitrogen and oxygen atoms in total. The van der Waals surface area contributed by atoms with Crippen LogP contribution in [0.3, 0.4) is 0 Å². The number of carbonyl (C=O) groups excluding carboxylic acids is 1. The Morgan fingerprint density at radius 2 is 2.17 bits per heavy atom. The SMILES string of the molecule is CCc1ccc(OCC(=O)N/N=C\c2cc([N+](=O)[O-])cs2)cc1. The van der Waals surface area contributed by atoms with Gasteiger partial charge in [-0.2, -0.15) is 5.10 Å². The number of aryl methyl sites for hydroxylation is 1. The number of benzene rings is 1. The molecule has 1 N–H and O–H groups in total. The van der Waals surface area contributed by atoms with Gasteiger partial charge in [0.2, 0.25) is 0 Å². The van der Waals surface area contributed by atoms with Crippen molar-refractivity contribution >= 4 is 29.1 Å². The highest BCUT2D eigenvalue weighted by atomic mass is 32.1. The van der Waals surface area contributed by atoms with Crippen molar-refractivity contribution in [2.45, 2.75) is 13.3 Å². The van der Waals surface area contributed by atoms with E-state index < -0.39 is 10.8 Å². The number of carbonyl (C=O) groups is 1. The Hall–Kier alpha value is -2.74. The van der Waals surface area contributed by atoms with Crippen LogP contribution >= 0.6 is 11.3 Å². The number of amides is 1. The molecule has 8 heteroatoms. The number of ether oxygens (including phenoxy) is 1. The third-order valence-corrected chi connectivity index (χ3v) is 3.75. The van der Waals surface area contributed by atoms with Crippen molar-refractivity contribution in [2.24, 2.45) is 5.10 Å². The van der Waals surface area contributed by atoms with Crippen molar-refractivity contribution in [3.63, 3.8) is 0 Å². The molecule has 0 bridgehead atoms. The fourth-order valence-corrected chi connectivity index (χ4v) is 2.39. The van der Waals surface area contributed by atoms with E-state index in [0.717, 1.165) is 6.42 Å². The zero-order valence-electron chi connectivity index (χ0n) is 12.4. The summed E-state index contributed by atoms with van der Waals surface area (Å²) in [5.74, 6) is 0.196. The van der Waals surface area contributed by atoms with Crippen LogP contribution in [0.2, 0.25) is 0 Å². The molecule has 1 aromatic carbocycles. The minimum Gasteiger partial charge on any atom is -0.484 e. The molecule has 2 rings (SSSR count). The van der Waals surface area contributed by atoms with Gasteiger partial charge in [-0.05, 0) is 24.1 Å². The Morgan fingerprint density at radius 3 is 2.78 bits per heavy atom. The molecule has 0 unspecified atom stereocenters. The molecule has 1 aromatic heterocycles. The number of rotatable bonds is 7. The quantitative estimate of drug-likeness (QED) is 0.479. The van der Waals surface area contributed by atoms with Gasteiger partial charge in [0.05, 0.1) is 21.4 Å². The second kappa shape index (κ2) is 8.04. The summed E-state index contributed by atoms with van der Waals surface area (Å²) in [5, 5.41) is 15.7. The predicted molar refractivity (Wildman–Crippen MR) is 88.0 cm³/mol. The molecule has 0 aliphatic carbocycles. The second-order valence-electron chi connectivity index (χ2n) is 4.54. The molecule has 0 saturated heterocycles. The Labute approximate surface area is 136 Å². The number of nitro groups is 1. The van der Waals surface area contributed by atoms with Crippen LogP contribution in [0.5, 0.6) is 5.75 Å². The largest absolute Gasteiger partial charge is 0.484 e. The summed E-state index contributed by atoms with van der Waals surface area (Å²) in [7, 11) is 0. The van der Waals surface area contributed by atoms with E-state index in [2.05, 4.69) is 17.5 Å². The van der Waals surface area contributed by atoms with Crippen LogP contribution in [0.4, 0.5) is 5.69 Å². The third-order valence-electron chi connectivity index (χ3n) is 2.90. The molecule has 120 valence electrons. The first-order valence-corrected chi connectivity index (χ1v) is 7.73. The number of hydrogen-bond donors (Lipinski definition) is 1. The van der Waals surface area contributed by atoms with E-state index in [1.54, 1.807) is 12.1 Å². The molecular formula is C15H15N3O4S. The van der Waals surface area contributed by atoms with Crippen molar-refractivity contribution in [3.8, 4) is 5.75 Å². The van der Waals surface area contributed by atoms with Crippen molar-refractivity contribution in [1.82, 2.24) is 5.43 Å². The summed E-state index contributed by atoms with van der Waals surface area (Å²) < 4.78 is 5.33. The Morgan fingerprint density at radius 1 is 1.43 bits per heavy atom. The third kappa shape index (κ3) is 5.19. The number of hydrazone groups is 1. The standard InChI is InChI=1S/C15H15N3O4S/c1-2-11-3-5-13(6-4-11)22-9-15(19)17-16-8-14-7-12(10-23-14)18(20)21/h3-8,10H,2,9H2,1H3,(H,17,19)/b16-8-. The van der Waals surface area contributed by atoms with Crippen LogP contribution in [0, 0.1) is 10.1 Å². The summed E-state index contributed by atoms with van der Waals surface area (Å²) in [4.78, 5) is 22.2. The average molecular weight is 333 g/mol. The molecule has 0 fully saturated rings. The maximum Gasteiger partial charge on any atom is 0.280 e. The number of nitrogens with zero attached hydrogens (tertiary/aromatic N) is 2. The highest BCUT2D eigenvalue weighted by Crippen LogP contribution is 2.19. The smallest absolute Gasteiger partial charge is 0.280 e. The highest BCUT2D eigenvalue weighted by molar-refractivity contribution is 7.12. The van der Waals surface area contributed by atoms with Gasteiger partial charge in [-0.15, -0.1) is 11.3 Å². The topological polar surface area (TPSA) is 93.8 Å². The number of nitrogens with one attached hydrogen (secondary N) is 1. The molecule has 0 aliphatic heterocycles. The van der Waals surface area contributed by atoms with Crippen LogP contribution in [-0.2, 0) is 11.2 Å². The zero-order valence-corrected chi connectivity index (χ0v) is 13.2. The lowest BCUT2D eigenvalue weighted by atomic mass is 10.2. The van der Waals surface area contributed by atoms with Gasteiger partial charge in [-0.1, -0.05) is 19.1 Å². The zero-order chi connectivity index (χ0) is 16.7. The van der Waals surface area contributed by atoms with Gasteiger partial charge in [0.15, 0.2) is 6.61 Å². The minimum absolute atomic E-state index is 0.00151. The maximum atomic E-state index is 11.6. The Kier molecular flexibility index (Phi) is 5.81. The van der Waals surface area contributed by atoms with Crippen LogP contribution < -0.4 is 10.2 Å². The summed E-state index contributed by atoms with van der Waals surface area (Å²) >= 11 is 1.17. The van der Waals surface area contributed by atoms with Crippen molar-refractivity contribution in [2.75, 3.05) is 6.61 Å². The summed E-state index contributed by atoms with van der Waals surface area (Å²) in [6.45, 7) is 1.90. The molecule has 0 aliphatic rings. The summed E-state index contributed by atoms with van der Waals surface area (Å²) in [6.07, 6.45) is 2.29.